The number of amides is 1. The molecule has 3 N–H and O–H groups in total. The van der Waals surface area contributed by atoms with Crippen molar-refractivity contribution in [2.45, 2.75) is 44.2 Å². The molecule has 11 heteroatoms. The van der Waals surface area contributed by atoms with Gasteiger partial charge in [0.25, 0.3) is 5.91 Å². The van der Waals surface area contributed by atoms with Crippen molar-refractivity contribution in [3.63, 3.8) is 0 Å². The number of carbonyl (C=O) groups excluding carboxylic acids is 2. The summed E-state index contributed by atoms with van der Waals surface area (Å²) in [7, 11) is 0. The number of nitrogen functional groups attached to an aromatic ring is 1. The Bertz CT molecular complexity index is 1690. The predicted octanol–water partition coefficient (Wildman–Crippen LogP) is 5.60. The minimum Gasteiger partial charge on any atom is -0.382 e. The second-order valence-electron chi connectivity index (χ2n) is 10.2. The van der Waals surface area contributed by atoms with E-state index in [0.717, 1.165) is 49.0 Å². The van der Waals surface area contributed by atoms with Crippen LogP contribution in [0.3, 0.4) is 0 Å². The number of hydrogen-bond donors (Lipinski definition) is 2. The van der Waals surface area contributed by atoms with Crippen LogP contribution in [-0.2, 0) is 16.4 Å². The second kappa shape index (κ2) is 9.29. The van der Waals surface area contributed by atoms with Crippen LogP contribution in [-0.4, -0.2) is 31.0 Å². The number of fused-ring (bicyclic) bond motifs is 2. The lowest BCUT2D eigenvalue weighted by Crippen LogP contribution is -2.18. The highest BCUT2D eigenvalue weighted by Crippen LogP contribution is 2.61. The van der Waals surface area contributed by atoms with Crippen molar-refractivity contribution in [1.29, 1.82) is 0 Å². The maximum Gasteiger partial charge on any atom is 0.416 e. The van der Waals surface area contributed by atoms with Gasteiger partial charge in [-0.15, -0.1) is 0 Å². The topological polar surface area (TPSA) is 115 Å². The Hall–Kier alpha value is -4.54. The number of Topliss-reactive ketones (excluding diaryl/α,β-unsaturated/α-hetero) is 1. The molecule has 3 aromatic heterocycles. The number of aromatic nitrogens is 4. The molecule has 1 amide bonds. The number of alkyl halides is 3. The lowest BCUT2D eigenvalue weighted by Gasteiger charge is -2.19. The van der Waals surface area contributed by atoms with Crippen molar-refractivity contribution in [3.05, 3.63) is 83.6 Å². The lowest BCUT2D eigenvalue weighted by molar-refractivity contribution is -0.137. The fraction of sp³-hybridized carbons (Fsp3) is 0.276. The monoisotopic (exact) mass is 546 g/mol. The zero-order valence-electron chi connectivity index (χ0n) is 21.5. The van der Waals surface area contributed by atoms with Gasteiger partial charge in [0.05, 0.1) is 11.0 Å². The Morgan fingerprint density at radius 2 is 1.93 bits per heavy atom. The summed E-state index contributed by atoms with van der Waals surface area (Å²) < 4.78 is 41.0. The van der Waals surface area contributed by atoms with Gasteiger partial charge < -0.3 is 11.1 Å². The highest BCUT2D eigenvalue weighted by molar-refractivity contribution is 6.04. The number of allylic oxidation sites excluding steroid dienone is 2. The fourth-order valence-corrected chi connectivity index (χ4v) is 5.62. The van der Waals surface area contributed by atoms with E-state index in [-0.39, 0.29) is 22.6 Å². The zero-order valence-corrected chi connectivity index (χ0v) is 21.5. The van der Waals surface area contributed by atoms with Gasteiger partial charge in [-0.3, -0.25) is 14.0 Å². The first-order valence-corrected chi connectivity index (χ1v) is 12.9. The van der Waals surface area contributed by atoms with Gasteiger partial charge in [0, 0.05) is 36.1 Å². The van der Waals surface area contributed by atoms with Crippen molar-refractivity contribution < 1.29 is 22.8 Å². The molecule has 1 aromatic carbocycles. The van der Waals surface area contributed by atoms with Crippen LogP contribution >= 0.6 is 0 Å². The van der Waals surface area contributed by atoms with Gasteiger partial charge in [0.2, 0.25) is 0 Å². The first-order valence-electron chi connectivity index (χ1n) is 12.9. The molecule has 204 valence electrons. The van der Waals surface area contributed by atoms with E-state index in [0.29, 0.717) is 34.9 Å². The number of imidazole rings is 1. The number of pyridine rings is 1. The van der Waals surface area contributed by atoms with Crippen LogP contribution < -0.4 is 11.1 Å². The molecular formula is C29H25F3N6O2. The van der Waals surface area contributed by atoms with Crippen molar-refractivity contribution in [1.82, 2.24) is 19.4 Å². The highest BCUT2D eigenvalue weighted by atomic mass is 19.4. The maximum absolute atomic E-state index is 13.0. The third-order valence-corrected chi connectivity index (χ3v) is 7.77. The average molecular weight is 547 g/mol. The third kappa shape index (κ3) is 4.31. The molecule has 0 spiro atoms. The van der Waals surface area contributed by atoms with Gasteiger partial charge >= 0.3 is 6.18 Å². The average Bonchev–Trinajstić information content (AvgIpc) is 3.55. The SMILES string of the molecule is CCC(=O)C1=CC2(c3nc(-c4ccc(C(=O)Nc5cc(C(F)(F)F)ccn5)cc4)c4c(N)nccn34)CC2CC1. The first-order chi connectivity index (χ1) is 19.1. The molecule has 0 radical (unpaired) electrons. The smallest absolute Gasteiger partial charge is 0.382 e. The van der Waals surface area contributed by atoms with Crippen LogP contribution in [0.2, 0.25) is 0 Å². The molecule has 0 aliphatic heterocycles. The van der Waals surface area contributed by atoms with Crippen LogP contribution in [0, 0.1) is 5.92 Å². The van der Waals surface area contributed by atoms with E-state index in [2.05, 4.69) is 21.4 Å². The summed E-state index contributed by atoms with van der Waals surface area (Å²) in [5.41, 5.74) is 8.05. The molecule has 2 unspecified atom stereocenters. The van der Waals surface area contributed by atoms with Crippen LogP contribution in [0.25, 0.3) is 16.8 Å². The molecule has 0 bridgehead atoms. The van der Waals surface area contributed by atoms with Crippen molar-refractivity contribution in [3.8, 4) is 11.3 Å². The van der Waals surface area contributed by atoms with E-state index >= 15 is 0 Å². The molecule has 8 nitrogen and oxygen atoms in total. The number of halogens is 3. The lowest BCUT2D eigenvalue weighted by atomic mass is 9.87. The zero-order chi connectivity index (χ0) is 28.2. The van der Waals surface area contributed by atoms with Gasteiger partial charge in [-0.1, -0.05) is 25.1 Å². The third-order valence-electron chi connectivity index (χ3n) is 7.77. The number of nitrogens with zero attached hydrogens (tertiary/aromatic N) is 4. The molecular weight excluding hydrogens is 521 g/mol. The summed E-state index contributed by atoms with van der Waals surface area (Å²) in [4.78, 5) is 38.3. The number of rotatable bonds is 6. The van der Waals surface area contributed by atoms with Gasteiger partial charge in [-0.05, 0) is 55.0 Å². The number of carbonyl (C=O) groups is 2. The van der Waals surface area contributed by atoms with Gasteiger partial charge in [-0.25, -0.2) is 15.0 Å². The van der Waals surface area contributed by atoms with E-state index in [4.69, 9.17) is 10.7 Å². The normalized spacial score (nSPS) is 20.1. The fourth-order valence-electron chi connectivity index (χ4n) is 5.62. The summed E-state index contributed by atoms with van der Waals surface area (Å²) in [6.45, 7) is 1.87. The molecule has 1 saturated carbocycles. The van der Waals surface area contributed by atoms with Crippen molar-refractivity contribution in [2.75, 3.05) is 11.1 Å². The number of anilines is 2. The minimum atomic E-state index is -4.55. The molecule has 2 aliphatic rings. The van der Waals surface area contributed by atoms with E-state index in [1.165, 1.54) is 0 Å². The summed E-state index contributed by atoms with van der Waals surface area (Å²) in [5, 5.41) is 2.41. The van der Waals surface area contributed by atoms with Gasteiger partial charge in [0.15, 0.2) is 5.78 Å². The highest BCUT2D eigenvalue weighted by Gasteiger charge is 2.58. The number of hydrogen-bond acceptors (Lipinski definition) is 6. The molecule has 6 rings (SSSR count). The predicted molar refractivity (Wildman–Crippen MR) is 142 cm³/mol. The standard InChI is InChI=1S/C29H25F3N6O2/c1-2-21(39)18-7-8-20-15-28(20,14-18)27-37-23(24-25(33)35-11-12-38(24)27)16-3-5-17(6-4-16)26(40)36-22-13-19(9-10-34-22)29(30,31)32/h3-6,9-14,20H,2,7-8,15H2,1H3,(H2,33,35)(H,34,36,40). The molecule has 3 heterocycles. The largest absolute Gasteiger partial charge is 0.416 e. The van der Waals surface area contributed by atoms with Crippen LogP contribution in [0.1, 0.15) is 54.4 Å². The molecule has 1 fully saturated rings. The summed E-state index contributed by atoms with van der Waals surface area (Å²) in [6, 6.07) is 8.16. The van der Waals surface area contributed by atoms with Gasteiger partial charge in [-0.2, -0.15) is 13.2 Å². The molecule has 4 aromatic rings. The summed E-state index contributed by atoms with van der Waals surface area (Å²) in [6.07, 6.45) is 5.03. The molecule has 2 atom stereocenters. The Labute approximate surface area is 227 Å². The van der Waals surface area contributed by atoms with E-state index in [1.807, 2.05) is 17.5 Å². The molecule has 40 heavy (non-hydrogen) atoms. The van der Waals surface area contributed by atoms with E-state index < -0.39 is 17.6 Å². The van der Waals surface area contributed by atoms with Gasteiger partial charge in [0.1, 0.15) is 28.7 Å². The Morgan fingerprint density at radius 1 is 1.15 bits per heavy atom. The Balaban J connectivity index is 1.33. The Kier molecular flexibility index (Phi) is 5.97. The van der Waals surface area contributed by atoms with Crippen LogP contribution in [0.15, 0.2) is 66.6 Å². The molecule has 2 aliphatic carbocycles. The molecule has 0 saturated heterocycles. The van der Waals surface area contributed by atoms with E-state index in [9.17, 15) is 22.8 Å². The summed E-state index contributed by atoms with van der Waals surface area (Å²) >= 11 is 0. The number of benzene rings is 1. The number of nitrogens with two attached hydrogens (primary N) is 1. The minimum absolute atomic E-state index is 0.154. The Morgan fingerprint density at radius 3 is 2.65 bits per heavy atom. The quantitative estimate of drug-likeness (QED) is 0.325. The van der Waals surface area contributed by atoms with Crippen molar-refractivity contribution in [2.24, 2.45) is 5.92 Å². The number of ketones is 1. The van der Waals surface area contributed by atoms with Crippen molar-refractivity contribution >= 4 is 28.8 Å². The first kappa shape index (κ1) is 25.7. The second-order valence-corrected chi connectivity index (χ2v) is 10.2. The van der Waals surface area contributed by atoms with E-state index in [1.54, 1.807) is 30.5 Å². The van der Waals surface area contributed by atoms with Crippen LogP contribution in [0.4, 0.5) is 24.8 Å². The summed E-state index contributed by atoms with van der Waals surface area (Å²) in [5.74, 6) is 0.842. The number of nitrogens with one attached hydrogen (secondary N) is 1. The maximum atomic E-state index is 13.0. The van der Waals surface area contributed by atoms with Crippen LogP contribution in [0.5, 0.6) is 0 Å².